The fraction of sp³-hybridized carbons (Fsp3) is 0.266. The quantitative estimate of drug-likeness (QED) is 0.0473. The van der Waals surface area contributed by atoms with Crippen molar-refractivity contribution in [2.75, 3.05) is 78.1 Å². The van der Waals surface area contributed by atoms with E-state index in [4.69, 9.17) is 42.9 Å². The molecule has 0 saturated carbocycles. The second kappa shape index (κ2) is 25.8. The van der Waals surface area contributed by atoms with E-state index in [1.165, 1.54) is 28.4 Å². The van der Waals surface area contributed by atoms with E-state index in [0.29, 0.717) is 129 Å². The Hall–Kier alpha value is -9.47. The van der Waals surface area contributed by atoms with Crippen LogP contribution in [-0.4, -0.2) is 132 Å². The molecule has 0 radical (unpaired) electrons. The van der Waals surface area contributed by atoms with Gasteiger partial charge < -0.3 is 74.1 Å². The maximum absolute atomic E-state index is 14.0. The second-order valence-corrected chi connectivity index (χ2v) is 19.7. The summed E-state index contributed by atoms with van der Waals surface area (Å²) >= 11 is 0. The number of methoxy groups -OCH3 is 8. The van der Waals surface area contributed by atoms with Crippen molar-refractivity contribution >= 4 is 74.4 Å². The van der Waals surface area contributed by atoms with Crippen molar-refractivity contribution in [1.29, 1.82) is 0 Å². The maximum atomic E-state index is 14.0. The molecule has 8 bridgehead atoms. The number of benzene rings is 4. The van der Waals surface area contributed by atoms with Gasteiger partial charge in [-0.25, -0.2) is 0 Å². The highest BCUT2D eigenvalue weighted by Crippen LogP contribution is 2.42. The number of anilines is 4. The van der Waals surface area contributed by atoms with Crippen LogP contribution in [0.3, 0.4) is 0 Å². The van der Waals surface area contributed by atoms with Gasteiger partial charge in [-0.1, -0.05) is 30.3 Å². The molecule has 0 aliphatic carbocycles. The number of hydrogen-bond acceptors (Lipinski definition) is 13. The van der Waals surface area contributed by atoms with Gasteiger partial charge >= 0.3 is 0 Å². The number of ether oxygens (including phenoxy) is 8. The first kappa shape index (κ1) is 59.2. The lowest BCUT2D eigenvalue weighted by Gasteiger charge is -2.21. The van der Waals surface area contributed by atoms with E-state index in [-0.39, 0.29) is 0 Å². The molecule has 0 fully saturated rings. The highest BCUT2D eigenvalue weighted by Gasteiger charge is 2.32. The zero-order chi connectivity index (χ0) is 59.9. The Morgan fingerprint density at radius 3 is 1.13 bits per heavy atom. The Balaban J connectivity index is 1.50. The summed E-state index contributed by atoms with van der Waals surface area (Å²) in [5, 5.41) is 14.5. The SMILES string of the molecule is COc1cccc(OC)c1C1=c2ccc([nH]2)=C(c2c(NC(=O)C(C)OC)cccc2NC(=O)C(C)OC)C2=NC(C=C2)C(c2c(OC)cccc2OC)=c2ccc([nH]2)=C(c2c(NC(=O)C(C)OC)cccc2NC(=O)C(C)OC)c2ccc1[nH]2. The zero-order valence-corrected chi connectivity index (χ0v) is 48.8. The first-order chi connectivity index (χ1) is 40.6. The molecule has 4 aromatic carbocycles. The summed E-state index contributed by atoms with van der Waals surface area (Å²) in [6.07, 6.45) is 0.413. The highest BCUT2D eigenvalue weighted by molar-refractivity contribution is 6.32. The fourth-order valence-electron chi connectivity index (χ4n) is 10.1. The number of carbonyl (C=O) groups is 4. The Labute approximate surface area is 485 Å². The Morgan fingerprint density at radius 1 is 0.405 bits per heavy atom. The van der Waals surface area contributed by atoms with Crippen LogP contribution >= 0.6 is 0 Å². The summed E-state index contributed by atoms with van der Waals surface area (Å²) in [4.78, 5) is 72.7. The zero-order valence-electron chi connectivity index (χ0n) is 48.8. The molecule has 5 heterocycles. The number of H-pyrrole nitrogens is 3. The van der Waals surface area contributed by atoms with Crippen molar-refractivity contribution in [3.05, 3.63) is 176 Å². The summed E-state index contributed by atoms with van der Waals surface area (Å²) in [5.74, 6) is 0.154. The molecular weight excluding hydrogens is 1070 g/mol. The topological polar surface area (TPSA) is 250 Å². The Kier molecular flexibility index (Phi) is 18.1. The third-order valence-electron chi connectivity index (χ3n) is 14.9. The van der Waals surface area contributed by atoms with Crippen molar-refractivity contribution in [2.45, 2.75) is 58.2 Å². The number of allylic oxidation sites excluding steroid dienone is 1. The van der Waals surface area contributed by atoms with Gasteiger partial charge in [0, 0.05) is 94.6 Å². The van der Waals surface area contributed by atoms with E-state index in [9.17, 15) is 19.2 Å². The van der Waals surface area contributed by atoms with Crippen molar-refractivity contribution < 1.29 is 57.1 Å². The molecule has 2 aliphatic heterocycles. The lowest BCUT2D eigenvalue weighted by atomic mass is 9.96. The lowest BCUT2D eigenvalue weighted by Crippen LogP contribution is -2.30. The normalized spacial score (nSPS) is 15.1. The summed E-state index contributed by atoms with van der Waals surface area (Å²) in [6, 6.07) is 32.2. The number of aromatic amines is 3. The lowest BCUT2D eigenvalue weighted by molar-refractivity contribution is -0.125. The van der Waals surface area contributed by atoms with Crippen LogP contribution in [0.1, 0.15) is 61.3 Å². The highest BCUT2D eigenvalue weighted by atomic mass is 16.5. The number of nitrogens with one attached hydrogen (secondary N) is 7. The van der Waals surface area contributed by atoms with E-state index in [1.807, 2.05) is 84.9 Å². The monoisotopic (exact) mass is 1140 g/mol. The number of nitrogens with zero attached hydrogens (tertiary/aromatic N) is 1. The van der Waals surface area contributed by atoms with Crippen LogP contribution in [0.2, 0.25) is 0 Å². The molecule has 4 amide bonds. The average molecular weight is 1140 g/mol. The maximum Gasteiger partial charge on any atom is 0.253 e. The van der Waals surface area contributed by atoms with Gasteiger partial charge in [-0.3, -0.25) is 24.2 Å². The predicted octanol–water partition coefficient (Wildman–Crippen LogP) is 5.88. The number of rotatable bonds is 20. The minimum absolute atomic E-state index is 0.338. The summed E-state index contributed by atoms with van der Waals surface area (Å²) < 4.78 is 46.4. The summed E-state index contributed by atoms with van der Waals surface area (Å²) in [5.41, 5.74) is 7.14. The van der Waals surface area contributed by atoms with Crippen LogP contribution in [0, 0.1) is 0 Å². The van der Waals surface area contributed by atoms with Gasteiger partial charge in [-0.15, -0.1) is 0 Å². The predicted molar refractivity (Wildman–Crippen MR) is 322 cm³/mol. The van der Waals surface area contributed by atoms with Crippen molar-refractivity contribution in [2.24, 2.45) is 4.99 Å². The number of carbonyl (C=O) groups excluding carboxylic acids is 4. The minimum Gasteiger partial charge on any atom is -0.496 e. The first-order valence-corrected chi connectivity index (χ1v) is 27.0. The number of amides is 4. The van der Waals surface area contributed by atoms with Crippen molar-refractivity contribution in [1.82, 2.24) is 15.0 Å². The van der Waals surface area contributed by atoms with Gasteiger partial charge in [0.2, 0.25) is 0 Å². The first-order valence-electron chi connectivity index (χ1n) is 27.0. The van der Waals surface area contributed by atoms with E-state index in [1.54, 1.807) is 92.5 Å². The molecule has 7 aromatic rings. The van der Waals surface area contributed by atoms with Crippen LogP contribution in [-0.2, 0) is 38.1 Å². The second-order valence-electron chi connectivity index (χ2n) is 19.7. The molecule has 5 unspecified atom stereocenters. The summed E-state index contributed by atoms with van der Waals surface area (Å²) in [7, 11) is 12.1. The van der Waals surface area contributed by atoms with Gasteiger partial charge in [-0.05, 0) is 119 Å². The molecule has 20 heteroatoms. The minimum atomic E-state index is -0.858. The molecule has 84 heavy (non-hydrogen) atoms. The number of aromatic nitrogens is 3. The molecule has 436 valence electrons. The Morgan fingerprint density at radius 2 is 0.738 bits per heavy atom. The number of fused-ring (bicyclic) bond motifs is 7. The number of aliphatic imine (C=N–C) groups is 1. The van der Waals surface area contributed by atoms with Crippen LogP contribution in [0.25, 0.3) is 22.3 Å². The molecular formula is C64H68N8O12. The van der Waals surface area contributed by atoms with Gasteiger partial charge in [-0.2, -0.15) is 0 Å². The van der Waals surface area contributed by atoms with Gasteiger partial charge in [0.15, 0.2) is 0 Å². The molecule has 3 aromatic heterocycles. The molecule has 5 atom stereocenters. The van der Waals surface area contributed by atoms with Crippen LogP contribution in [0.5, 0.6) is 23.0 Å². The van der Waals surface area contributed by atoms with Gasteiger partial charge in [0.25, 0.3) is 23.6 Å². The van der Waals surface area contributed by atoms with E-state index >= 15 is 0 Å². The van der Waals surface area contributed by atoms with Gasteiger partial charge in [0.05, 0.1) is 74.1 Å². The smallest absolute Gasteiger partial charge is 0.253 e. The average Bonchev–Trinajstić information content (AvgIpc) is 1.88. The van der Waals surface area contributed by atoms with Crippen LogP contribution in [0.15, 0.2) is 126 Å². The van der Waals surface area contributed by atoms with Gasteiger partial charge in [0.1, 0.15) is 47.4 Å². The Bertz CT molecular complexity index is 3870. The standard InChI is InChI=1S/C64H68N8O12/c1-33(77-5)61(73)69-37-17-13-18-38(70-62(74)34(2)78-6)53(37)55-41-25-29-45(65-41)57(59-49(81-9)21-15-22-50(59)82-10)47-31-27-43(67-47)56(54-39(71-63(75)35(3)79-7)19-14-20-40(54)72-64(76)36(4)80-8)44-28-32-48(68-44)58(46-30-26-42(55)66-46)60-51(83-11)23-16-24-52(60)84-12/h13-36,45,66-68H,1-12H3,(H,69,73)(H,70,74)(H,71,75)(H,72,76). The van der Waals surface area contributed by atoms with Crippen LogP contribution in [0.4, 0.5) is 22.7 Å². The third kappa shape index (κ3) is 11.6. The third-order valence-corrected chi connectivity index (χ3v) is 14.9. The largest absolute Gasteiger partial charge is 0.496 e. The van der Waals surface area contributed by atoms with E-state index < -0.39 is 54.1 Å². The molecule has 7 N–H and O–H groups in total. The van der Waals surface area contributed by atoms with Crippen molar-refractivity contribution in [3.8, 4) is 23.0 Å². The number of hydrogen-bond donors (Lipinski definition) is 7. The van der Waals surface area contributed by atoms with Crippen molar-refractivity contribution in [3.63, 3.8) is 0 Å². The molecule has 2 aliphatic rings. The van der Waals surface area contributed by atoms with E-state index in [0.717, 1.165) is 0 Å². The van der Waals surface area contributed by atoms with Crippen LogP contribution < -0.4 is 61.6 Å². The van der Waals surface area contributed by atoms with E-state index in [2.05, 4.69) is 36.2 Å². The molecule has 0 saturated heterocycles. The summed E-state index contributed by atoms with van der Waals surface area (Å²) in [6.45, 7) is 6.55. The fourth-order valence-corrected chi connectivity index (χ4v) is 10.1. The molecule has 9 rings (SSSR count). The molecule has 0 spiro atoms. The molecule has 20 nitrogen and oxygen atoms in total.